The van der Waals surface area contributed by atoms with E-state index in [0.29, 0.717) is 5.91 Å². The minimum absolute atomic E-state index is 0.0509. The Morgan fingerprint density at radius 3 is 3.00 bits per heavy atom. The van der Waals surface area contributed by atoms with Crippen LogP contribution in [0.1, 0.15) is 41.9 Å². The zero-order chi connectivity index (χ0) is 15.4. The molecule has 5 heteroatoms. The second-order valence-corrected chi connectivity index (χ2v) is 8.27. The van der Waals surface area contributed by atoms with Crippen molar-refractivity contribution in [3.63, 3.8) is 0 Å². The van der Waals surface area contributed by atoms with Gasteiger partial charge in [-0.2, -0.15) is 0 Å². The van der Waals surface area contributed by atoms with Crippen molar-refractivity contribution in [3.8, 4) is 0 Å². The summed E-state index contributed by atoms with van der Waals surface area (Å²) in [6.45, 7) is 5.56. The number of hydrogen-bond acceptors (Lipinski definition) is 4. The van der Waals surface area contributed by atoms with Gasteiger partial charge in [0, 0.05) is 31.2 Å². The maximum absolute atomic E-state index is 12.9. The van der Waals surface area contributed by atoms with Crippen molar-refractivity contribution in [1.82, 2.24) is 4.90 Å². The highest BCUT2D eigenvalue weighted by atomic mass is 32.2. The monoisotopic (exact) mass is 339 g/mol. The van der Waals surface area contributed by atoms with Gasteiger partial charge in [-0.25, -0.2) is 0 Å². The lowest BCUT2D eigenvalue weighted by molar-refractivity contribution is -0.132. The first-order valence-corrected chi connectivity index (χ1v) is 10.3. The maximum atomic E-state index is 12.9. The normalized spacial score (nSPS) is 22.6. The molecule has 0 bridgehead atoms. The predicted molar refractivity (Wildman–Crippen MR) is 93.6 cm³/mol. The van der Waals surface area contributed by atoms with Crippen LogP contribution in [-0.2, 0) is 16.0 Å². The minimum atomic E-state index is 0.0509. The fourth-order valence-electron chi connectivity index (χ4n) is 3.35. The van der Waals surface area contributed by atoms with Crippen LogP contribution >= 0.6 is 23.1 Å². The molecule has 1 saturated heterocycles. The molecular formula is C17H25NO2S2. The molecule has 3 rings (SSSR count). The van der Waals surface area contributed by atoms with Crippen LogP contribution in [-0.4, -0.2) is 42.9 Å². The smallest absolute Gasteiger partial charge is 0.240 e. The maximum Gasteiger partial charge on any atom is 0.240 e. The summed E-state index contributed by atoms with van der Waals surface area (Å²) in [5, 5.41) is 2.19. The van der Waals surface area contributed by atoms with Crippen LogP contribution in [0.15, 0.2) is 11.4 Å². The molecule has 2 aliphatic heterocycles. The van der Waals surface area contributed by atoms with Crippen LogP contribution in [0.3, 0.4) is 0 Å². The number of thiophene rings is 1. The van der Waals surface area contributed by atoms with Crippen LogP contribution in [0, 0.1) is 5.92 Å². The van der Waals surface area contributed by atoms with Gasteiger partial charge in [0.1, 0.15) is 5.25 Å². The molecule has 1 aromatic heterocycles. The van der Waals surface area contributed by atoms with E-state index in [9.17, 15) is 4.79 Å². The van der Waals surface area contributed by atoms with Gasteiger partial charge in [-0.15, -0.1) is 23.1 Å². The third-order valence-corrected chi connectivity index (χ3v) is 6.93. The van der Waals surface area contributed by atoms with E-state index >= 15 is 0 Å². The van der Waals surface area contributed by atoms with Gasteiger partial charge in [0.15, 0.2) is 0 Å². The number of carbonyl (C=O) groups is 1. The van der Waals surface area contributed by atoms with Gasteiger partial charge in [-0.05, 0) is 61.3 Å². The van der Waals surface area contributed by atoms with E-state index in [4.69, 9.17) is 4.74 Å². The third kappa shape index (κ3) is 3.69. The van der Waals surface area contributed by atoms with E-state index in [1.807, 2.05) is 18.7 Å². The molecule has 22 heavy (non-hydrogen) atoms. The molecule has 3 nitrogen and oxygen atoms in total. The Labute approximate surface area is 141 Å². The predicted octanol–water partition coefficient (Wildman–Crippen LogP) is 3.74. The van der Waals surface area contributed by atoms with Gasteiger partial charge in [-0.1, -0.05) is 0 Å². The number of piperidine rings is 1. The third-order valence-electron chi connectivity index (χ3n) is 4.70. The summed E-state index contributed by atoms with van der Waals surface area (Å²) >= 11 is 3.63. The van der Waals surface area contributed by atoms with Crippen LogP contribution in [0.2, 0.25) is 0 Å². The van der Waals surface area contributed by atoms with E-state index < -0.39 is 0 Å². The zero-order valence-corrected chi connectivity index (χ0v) is 14.9. The Hall–Kier alpha value is -0.520. The standard InChI is InChI=1S/C17H25NO2S2/c1-2-20-10-5-13-3-8-18(9-4-13)17(19)16-14-6-11-21-15(14)7-12-22-16/h6,11,13,16H,2-5,7-10,12H2,1H3. The SMILES string of the molecule is CCOCCC1CCN(C(=O)C2SCCc3sccc32)CC1. The van der Waals surface area contributed by atoms with Gasteiger partial charge in [-0.3, -0.25) is 4.79 Å². The highest BCUT2D eigenvalue weighted by Crippen LogP contribution is 2.41. The molecule has 0 aromatic carbocycles. The molecule has 0 N–H and O–H groups in total. The fraction of sp³-hybridized carbons (Fsp3) is 0.706. The average Bonchev–Trinajstić information content (AvgIpc) is 3.04. The van der Waals surface area contributed by atoms with Gasteiger partial charge in [0.2, 0.25) is 5.91 Å². The average molecular weight is 340 g/mol. The van der Waals surface area contributed by atoms with Crippen molar-refractivity contribution in [2.24, 2.45) is 5.92 Å². The van der Waals surface area contributed by atoms with Crippen LogP contribution < -0.4 is 0 Å². The summed E-state index contributed by atoms with van der Waals surface area (Å²) in [5.74, 6) is 2.15. The molecule has 2 aliphatic rings. The number of fused-ring (bicyclic) bond motifs is 1. The molecule has 1 atom stereocenters. The molecular weight excluding hydrogens is 314 g/mol. The molecule has 1 fully saturated rings. The summed E-state index contributed by atoms with van der Waals surface area (Å²) in [6, 6.07) is 2.16. The lowest BCUT2D eigenvalue weighted by atomic mass is 9.93. The Morgan fingerprint density at radius 2 is 2.23 bits per heavy atom. The molecule has 0 saturated carbocycles. The molecule has 1 aromatic rings. The molecule has 0 radical (unpaired) electrons. The van der Waals surface area contributed by atoms with E-state index in [-0.39, 0.29) is 5.25 Å². The Morgan fingerprint density at radius 1 is 1.41 bits per heavy atom. The van der Waals surface area contributed by atoms with Crippen molar-refractivity contribution in [1.29, 1.82) is 0 Å². The second-order valence-electron chi connectivity index (χ2n) is 6.05. The summed E-state index contributed by atoms with van der Waals surface area (Å²) in [6.07, 6.45) is 4.53. The minimum Gasteiger partial charge on any atom is -0.382 e. The van der Waals surface area contributed by atoms with E-state index in [0.717, 1.165) is 63.7 Å². The molecule has 0 spiro atoms. The molecule has 1 amide bonds. The second kappa shape index (κ2) is 7.84. The number of rotatable bonds is 5. The highest BCUT2D eigenvalue weighted by molar-refractivity contribution is 8.00. The summed E-state index contributed by atoms with van der Waals surface area (Å²) in [7, 11) is 0. The van der Waals surface area contributed by atoms with Gasteiger partial charge in [0.25, 0.3) is 0 Å². The first-order chi connectivity index (χ1) is 10.8. The van der Waals surface area contributed by atoms with Gasteiger partial charge >= 0.3 is 0 Å². The molecule has 1 unspecified atom stereocenters. The number of thioether (sulfide) groups is 1. The Bertz CT molecular complexity index is 495. The van der Waals surface area contributed by atoms with Gasteiger partial charge in [0.05, 0.1) is 0 Å². The number of amides is 1. The highest BCUT2D eigenvalue weighted by Gasteiger charge is 2.33. The largest absolute Gasteiger partial charge is 0.382 e. The number of ether oxygens (including phenoxy) is 1. The number of nitrogens with zero attached hydrogens (tertiary/aromatic N) is 1. The van der Waals surface area contributed by atoms with Crippen molar-refractivity contribution < 1.29 is 9.53 Å². The zero-order valence-electron chi connectivity index (χ0n) is 13.3. The number of likely N-dealkylation sites (tertiary alicyclic amines) is 1. The van der Waals surface area contributed by atoms with Crippen molar-refractivity contribution >= 4 is 29.0 Å². The van der Waals surface area contributed by atoms with E-state index in [2.05, 4.69) is 16.3 Å². The Balaban J connectivity index is 1.53. The van der Waals surface area contributed by atoms with Gasteiger partial charge < -0.3 is 9.64 Å². The van der Waals surface area contributed by atoms with Crippen LogP contribution in [0.4, 0.5) is 0 Å². The molecule has 122 valence electrons. The van der Waals surface area contributed by atoms with Crippen molar-refractivity contribution in [2.45, 2.75) is 37.9 Å². The lowest BCUT2D eigenvalue weighted by Crippen LogP contribution is -2.41. The fourth-order valence-corrected chi connectivity index (χ4v) is 5.73. The van der Waals surface area contributed by atoms with E-state index in [1.54, 1.807) is 11.3 Å². The van der Waals surface area contributed by atoms with Crippen LogP contribution in [0.5, 0.6) is 0 Å². The quantitative estimate of drug-likeness (QED) is 0.765. The molecule has 0 aliphatic carbocycles. The first-order valence-electron chi connectivity index (χ1n) is 8.34. The topological polar surface area (TPSA) is 29.5 Å². The number of hydrogen-bond donors (Lipinski definition) is 0. The number of carbonyl (C=O) groups excluding carboxylic acids is 1. The summed E-state index contributed by atoms with van der Waals surface area (Å²) in [5.41, 5.74) is 1.28. The first kappa shape index (κ1) is 16.3. The van der Waals surface area contributed by atoms with Crippen molar-refractivity contribution in [3.05, 3.63) is 21.9 Å². The molecule has 3 heterocycles. The van der Waals surface area contributed by atoms with E-state index in [1.165, 1.54) is 10.4 Å². The Kier molecular flexibility index (Phi) is 5.83. The lowest BCUT2D eigenvalue weighted by Gasteiger charge is -2.35. The number of aryl methyl sites for hydroxylation is 1. The summed E-state index contributed by atoms with van der Waals surface area (Å²) < 4.78 is 5.45. The summed E-state index contributed by atoms with van der Waals surface area (Å²) in [4.78, 5) is 16.4. The van der Waals surface area contributed by atoms with Crippen molar-refractivity contribution in [2.75, 3.05) is 32.1 Å². The van der Waals surface area contributed by atoms with Crippen LogP contribution in [0.25, 0.3) is 0 Å².